The van der Waals surface area contributed by atoms with Crippen LogP contribution in [0.5, 0.6) is 0 Å². The molecule has 2 fully saturated rings. The summed E-state index contributed by atoms with van der Waals surface area (Å²) < 4.78 is 5.30. The zero-order chi connectivity index (χ0) is 10.6. The fraction of sp³-hybridized carbons (Fsp3) is 0.900. The van der Waals surface area contributed by atoms with Crippen molar-refractivity contribution in [3.63, 3.8) is 0 Å². The van der Waals surface area contributed by atoms with Crippen molar-refractivity contribution in [1.82, 2.24) is 5.32 Å². The minimum Gasteiger partial charge on any atom is -0.459 e. The van der Waals surface area contributed by atoms with Gasteiger partial charge in [-0.15, -0.1) is 0 Å². The largest absolute Gasteiger partial charge is 0.459 e. The van der Waals surface area contributed by atoms with Gasteiger partial charge in [0, 0.05) is 12.1 Å². The van der Waals surface area contributed by atoms with E-state index in [0.29, 0.717) is 5.92 Å². The number of ether oxygens (including phenoxy) is 1. The Hall–Kier alpha value is -0.610. The number of carbonyl (C=O) groups excluding carboxylic acids is 1. The number of esters is 1. The Balaban J connectivity index is 1.99. The Labute approximate surface area is 84.2 Å². The first-order valence-electron chi connectivity index (χ1n) is 5.08. The average Bonchev–Trinajstić information content (AvgIpc) is 2.50. The van der Waals surface area contributed by atoms with Gasteiger partial charge in [0.1, 0.15) is 11.6 Å². The summed E-state index contributed by atoms with van der Waals surface area (Å²) in [5.41, 5.74) is 5.31. The van der Waals surface area contributed by atoms with Gasteiger partial charge in [-0.3, -0.25) is 4.79 Å². The summed E-state index contributed by atoms with van der Waals surface area (Å²) in [5, 5.41) is 3.12. The first-order chi connectivity index (χ1) is 6.33. The van der Waals surface area contributed by atoms with Gasteiger partial charge in [0.25, 0.3) is 0 Å². The molecule has 80 valence electrons. The molecule has 4 heteroatoms. The molecule has 0 aromatic heterocycles. The van der Waals surface area contributed by atoms with Gasteiger partial charge in [0.05, 0.1) is 0 Å². The molecule has 2 rings (SSSR count). The number of fused-ring (bicyclic) bond motifs is 1. The van der Waals surface area contributed by atoms with Crippen LogP contribution in [0.2, 0.25) is 0 Å². The third-order valence-corrected chi connectivity index (χ3v) is 2.95. The molecular weight excluding hydrogens is 180 g/mol. The summed E-state index contributed by atoms with van der Waals surface area (Å²) in [5.74, 6) is 0.264. The van der Waals surface area contributed by atoms with Crippen LogP contribution >= 0.6 is 0 Å². The second-order valence-electron chi connectivity index (χ2n) is 5.39. The molecule has 14 heavy (non-hydrogen) atoms. The van der Waals surface area contributed by atoms with Crippen LogP contribution in [0, 0.1) is 5.92 Å². The van der Waals surface area contributed by atoms with E-state index in [2.05, 4.69) is 5.32 Å². The highest BCUT2D eigenvalue weighted by Gasteiger charge is 2.63. The van der Waals surface area contributed by atoms with Crippen molar-refractivity contribution in [2.24, 2.45) is 11.7 Å². The summed E-state index contributed by atoms with van der Waals surface area (Å²) in [6.07, 6.45) is 0.948. The number of carbonyl (C=O) groups is 1. The Kier molecular flexibility index (Phi) is 1.92. The van der Waals surface area contributed by atoms with E-state index in [4.69, 9.17) is 10.5 Å². The number of rotatable bonds is 1. The van der Waals surface area contributed by atoms with E-state index in [1.807, 2.05) is 20.8 Å². The van der Waals surface area contributed by atoms with Gasteiger partial charge in [-0.2, -0.15) is 0 Å². The summed E-state index contributed by atoms with van der Waals surface area (Å²) in [7, 11) is 0. The topological polar surface area (TPSA) is 64.3 Å². The van der Waals surface area contributed by atoms with E-state index < -0.39 is 5.60 Å². The molecule has 3 atom stereocenters. The van der Waals surface area contributed by atoms with Crippen molar-refractivity contribution in [2.45, 2.75) is 44.4 Å². The molecule has 1 aliphatic heterocycles. The lowest BCUT2D eigenvalue weighted by atomic mass is 10.1. The lowest BCUT2D eigenvalue weighted by Gasteiger charge is -2.25. The fourth-order valence-electron chi connectivity index (χ4n) is 2.10. The van der Waals surface area contributed by atoms with Crippen LogP contribution in [0.1, 0.15) is 27.2 Å². The quantitative estimate of drug-likeness (QED) is 0.583. The maximum Gasteiger partial charge on any atom is 0.325 e. The van der Waals surface area contributed by atoms with Crippen molar-refractivity contribution >= 4 is 5.97 Å². The maximum atomic E-state index is 11.7. The minimum atomic E-state index is -0.428. The summed E-state index contributed by atoms with van der Waals surface area (Å²) in [4.78, 5) is 11.7. The third kappa shape index (κ3) is 1.53. The van der Waals surface area contributed by atoms with Crippen LogP contribution in [-0.4, -0.2) is 29.7 Å². The third-order valence-electron chi connectivity index (χ3n) is 2.95. The summed E-state index contributed by atoms with van der Waals surface area (Å²) >= 11 is 0. The standard InChI is InChI=1S/C10H18N2O2/c1-9(2,3)14-8(13)7-10(11)4-6(10)5-12-7/h6-7,12H,4-5,11H2,1-3H3. The highest BCUT2D eigenvalue weighted by molar-refractivity contribution is 5.80. The van der Waals surface area contributed by atoms with Gasteiger partial charge in [-0.1, -0.05) is 0 Å². The Bertz CT molecular complexity index is 270. The molecule has 0 amide bonds. The molecule has 3 N–H and O–H groups in total. The molecule has 1 saturated heterocycles. The van der Waals surface area contributed by atoms with E-state index >= 15 is 0 Å². The van der Waals surface area contributed by atoms with Crippen LogP contribution in [0.15, 0.2) is 0 Å². The number of hydrogen-bond acceptors (Lipinski definition) is 4. The van der Waals surface area contributed by atoms with Crippen LogP contribution in [0.4, 0.5) is 0 Å². The molecule has 1 heterocycles. The Morgan fingerprint density at radius 2 is 2.21 bits per heavy atom. The van der Waals surface area contributed by atoms with Crippen molar-refractivity contribution in [1.29, 1.82) is 0 Å². The molecule has 0 spiro atoms. The number of nitrogens with two attached hydrogens (primary N) is 1. The normalized spacial score (nSPS) is 40.6. The number of hydrogen-bond donors (Lipinski definition) is 2. The molecule has 4 nitrogen and oxygen atoms in total. The first kappa shape index (κ1) is 9.93. The molecule has 0 radical (unpaired) electrons. The average molecular weight is 198 g/mol. The van der Waals surface area contributed by atoms with E-state index in [9.17, 15) is 4.79 Å². The molecule has 0 aromatic rings. The van der Waals surface area contributed by atoms with Crippen molar-refractivity contribution in [2.75, 3.05) is 6.54 Å². The predicted octanol–water partition coefficient (Wildman–Crippen LogP) is 0.0173. The van der Waals surface area contributed by atoms with Crippen LogP contribution in [0.25, 0.3) is 0 Å². The highest BCUT2D eigenvalue weighted by atomic mass is 16.6. The monoisotopic (exact) mass is 198 g/mol. The summed E-state index contributed by atoms with van der Waals surface area (Å²) in [6.45, 7) is 6.45. The predicted molar refractivity (Wildman–Crippen MR) is 52.7 cm³/mol. The second kappa shape index (κ2) is 2.70. The Morgan fingerprint density at radius 1 is 1.57 bits per heavy atom. The lowest BCUT2D eigenvalue weighted by Crippen LogP contribution is -2.50. The van der Waals surface area contributed by atoms with Gasteiger partial charge in [0.2, 0.25) is 0 Å². The van der Waals surface area contributed by atoms with E-state index in [-0.39, 0.29) is 17.6 Å². The van der Waals surface area contributed by atoms with Gasteiger partial charge in [-0.05, 0) is 33.1 Å². The van der Waals surface area contributed by atoms with E-state index in [1.165, 1.54) is 0 Å². The lowest BCUT2D eigenvalue weighted by molar-refractivity contribution is -0.157. The van der Waals surface area contributed by atoms with E-state index in [1.54, 1.807) is 0 Å². The maximum absolute atomic E-state index is 11.7. The van der Waals surface area contributed by atoms with E-state index in [0.717, 1.165) is 13.0 Å². The Morgan fingerprint density at radius 3 is 2.57 bits per heavy atom. The molecule has 1 aliphatic carbocycles. The fourth-order valence-corrected chi connectivity index (χ4v) is 2.10. The second-order valence-corrected chi connectivity index (χ2v) is 5.39. The van der Waals surface area contributed by atoms with Crippen LogP contribution in [-0.2, 0) is 9.53 Å². The molecule has 2 aliphatic rings. The van der Waals surface area contributed by atoms with Gasteiger partial charge in [-0.25, -0.2) is 0 Å². The zero-order valence-corrected chi connectivity index (χ0v) is 8.96. The molecule has 0 aromatic carbocycles. The first-order valence-corrected chi connectivity index (χ1v) is 5.08. The van der Waals surface area contributed by atoms with Crippen LogP contribution < -0.4 is 11.1 Å². The highest BCUT2D eigenvalue weighted by Crippen LogP contribution is 2.47. The molecular formula is C10H18N2O2. The molecule has 3 unspecified atom stereocenters. The smallest absolute Gasteiger partial charge is 0.325 e. The van der Waals surface area contributed by atoms with Crippen molar-refractivity contribution < 1.29 is 9.53 Å². The molecule has 0 bridgehead atoms. The number of nitrogens with one attached hydrogen (secondary N) is 1. The van der Waals surface area contributed by atoms with Crippen molar-refractivity contribution in [3.8, 4) is 0 Å². The SMILES string of the molecule is CC(C)(C)OC(=O)C1NCC2CC21N. The molecule has 1 saturated carbocycles. The number of piperidine rings is 1. The van der Waals surface area contributed by atoms with Gasteiger partial charge in [0.15, 0.2) is 0 Å². The zero-order valence-electron chi connectivity index (χ0n) is 8.96. The summed E-state index contributed by atoms with van der Waals surface area (Å²) in [6, 6.07) is -0.299. The van der Waals surface area contributed by atoms with Crippen LogP contribution in [0.3, 0.4) is 0 Å². The van der Waals surface area contributed by atoms with Crippen molar-refractivity contribution in [3.05, 3.63) is 0 Å². The van der Waals surface area contributed by atoms with Gasteiger partial charge < -0.3 is 15.8 Å². The minimum absolute atomic E-state index is 0.208. The van der Waals surface area contributed by atoms with Gasteiger partial charge >= 0.3 is 5.97 Å².